The minimum atomic E-state index is 0.242. The van der Waals surface area contributed by atoms with Crippen molar-refractivity contribution in [1.82, 2.24) is 10.3 Å². The Morgan fingerprint density at radius 1 is 1.40 bits per heavy atom. The van der Waals surface area contributed by atoms with Crippen molar-refractivity contribution in [3.8, 4) is 5.88 Å². The quantitative estimate of drug-likeness (QED) is 0.898. The van der Waals surface area contributed by atoms with Gasteiger partial charge in [0.05, 0.1) is 18.8 Å². The first-order valence-corrected chi connectivity index (χ1v) is 7.67. The molecule has 0 radical (unpaired) electrons. The average Bonchev–Trinajstić information content (AvgIpc) is 3.10. The van der Waals surface area contributed by atoms with Gasteiger partial charge in [0.2, 0.25) is 5.88 Å². The van der Waals surface area contributed by atoms with E-state index in [9.17, 15) is 0 Å². The Kier molecular flexibility index (Phi) is 4.22. The zero-order chi connectivity index (χ0) is 13.8. The van der Waals surface area contributed by atoms with Gasteiger partial charge in [-0.05, 0) is 37.3 Å². The largest absolute Gasteiger partial charge is 0.481 e. The second-order valence-corrected chi connectivity index (χ2v) is 6.01. The van der Waals surface area contributed by atoms with Gasteiger partial charge in [-0.2, -0.15) is 0 Å². The van der Waals surface area contributed by atoms with Crippen LogP contribution < -0.4 is 10.1 Å². The summed E-state index contributed by atoms with van der Waals surface area (Å²) in [5.74, 6) is 0.673. The van der Waals surface area contributed by atoms with Crippen LogP contribution in [-0.4, -0.2) is 30.3 Å². The van der Waals surface area contributed by atoms with Crippen LogP contribution in [0.15, 0.2) is 18.3 Å². The molecule has 1 aromatic rings. The number of ether oxygens (including phenoxy) is 2. The molecule has 1 unspecified atom stereocenters. The lowest BCUT2D eigenvalue weighted by atomic mass is 9.98. The first kappa shape index (κ1) is 13.8. The molecule has 1 saturated carbocycles. The zero-order valence-corrected chi connectivity index (χ0v) is 12.2. The van der Waals surface area contributed by atoms with Gasteiger partial charge in [0.25, 0.3) is 0 Å². The number of methoxy groups -OCH3 is 1. The van der Waals surface area contributed by atoms with Crippen LogP contribution in [0.25, 0.3) is 0 Å². The van der Waals surface area contributed by atoms with Gasteiger partial charge in [-0.15, -0.1) is 0 Å². The van der Waals surface area contributed by atoms with E-state index in [0.717, 1.165) is 13.1 Å². The summed E-state index contributed by atoms with van der Waals surface area (Å²) in [7, 11) is 1.65. The van der Waals surface area contributed by atoms with Gasteiger partial charge in [0, 0.05) is 25.4 Å². The maximum Gasteiger partial charge on any atom is 0.213 e. The van der Waals surface area contributed by atoms with Gasteiger partial charge in [-0.3, -0.25) is 0 Å². The highest BCUT2D eigenvalue weighted by molar-refractivity contribution is 5.20. The number of rotatable bonds is 5. The Hall–Kier alpha value is -1.13. The predicted molar refractivity (Wildman–Crippen MR) is 77.8 cm³/mol. The third-order valence-electron chi connectivity index (χ3n) is 4.56. The molecule has 3 rings (SSSR count). The zero-order valence-electron chi connectivity index (χ0n) is 12.2. The molecule has 0 bridgehead atoms. The third-order valence-corrected chi connectivity index (χ3v) is 4.56. The standard InChI is InChI=1S/C16H24N2O2/c1-19-15-10-13(5-9-18-15)11-17-12-14-4-8-16(20-14)6-2-3-7-16/h5,9-10,14,17H,2-4,6-8,11-12H2,1H3. The maximum absolute atomic E-state index is 6.29. The van der Waals surface area contributed by atoms with E-state index in [1.54, 1.807) is 13.3 Å². The summed E-state index contributed by atoms with van der Waals surface area (Å²) in [6.45, 7) is 1.78. The van der Waals surface area contributed by atoms with Crippen molar-refractivity contribution in [2.24, 2.45) is 0 Å². The Balaban J connectivity index is 1.44. The summed E-state index contributed by atoms with van der Waals surface area (Å²) < 4.78 is 11.4. The Labute approximate surface area is 120 Å². The predicted octanol–water partition coefficient (Wildman–Crippen LogP) is 2.67. The smallest absolute Gasteiger partial charge is 0.213 e. The Morgan fingerprint density at radius 2 is 2.25 bits per heavy atom. The topological polar surface area (TPSA) is 43.4 Å². The van der Waals surface area contributed by atoms with Crippen LogP contribution in [0.1, 0.15) is 44.1 Å². The third kappa shape index (κ3) is 3.13. The normalized spacial score (nSPS) is 24.4. The van der Waals surface area contributed by atoms with Gasteiger partial charge in [-0.1, -0.05) is 12.8 Å². The lowest BCUT2D eigenvalue weighted by Crippen LogP contribution is -2.30. The van der Waals surface area contributed by atoms with Crippen LogP contribution >= 0.6 is 0 Å². The van der Waals surface area contributed by atoms with Crippen molar-refractivity contribution in [2.75, 3.05) is 13.7 Å². The van der Waals surface area contributed by atoms with Gasteiger partial charge >= 0.3 is 0 Å². The highest BCUT2D eigenvalue weighted by atomic mass is 16.5. The second kappa shape index (κ2) is 6.10. The van der Waals surface area contributed by atoms with Crippen molar-refractivity contribution in [2.45, 2.75) is 56.8 Å². The van der Waals surface area contributed by atoms with Crippen LogP contribution in [0.3, 0.4) is 0 Å². The number of hydrogen-bond donors (Lipinski definition) is 1. The van der Waals surface area contributed by atoms with E-state index in [-0.39, 0.29) is 5.60 Å². The number of nitrogens with zero attached hydrogens (tertiary/aromatic N) is 1. The van der Waals surface area contributed by atoms with Crippen molar-refractivity contribution >= 4 is 0 Å². The van der Waals surface area contributed by atoms with E-state index in [0.29, 0.717) is 12.0 Å². The highest BCUT2D eigenvalue weighted by Gasteiger charge is 2.41. The Bertz CT molecular complexity index is 444. The second-order valence-electron chi connectivity index (χ2n) is 6.01. The van der Waals surface area contributed by atoms with Gasteiger partial charge in [0.1, 0.15) is 0 Å². The van der Waals surface area contributed by atoms with Crippen molar-refractivity contribution in [1.29, 1.82) is 0 Å². The molecule has 1 aliphatic carbocycles. The fraction of sp³-hybridized carbons (Fsp3) is 0.688. The molecule has 0 amide bonds. The molecule has 20 heavy (non-hydrogen) atoms. The lowest BCUT2D eigenvalue weighted by Gasteiger charge is -2.23. The molecule has 4 nitrogen and oxygen atoms in total. The molecule has 1 spiro atoms. The summed E-state index contributed by atoms with van der Waals surface area (Å²) in [4.78, 5) is 4.12. The fourth-order valence-corrected chi connectivity index (χ4v) is 3.48. The van der Waals surface area contributed by atoms with Crippen molar-refractivity contribution in [3.05, 3.63) is 23.9 Å². The highest BCUT2D eigenvalue weighted by Crippen LogP contribution is 2.43. The minimum absolute atomic E-state index is 0.242. The van der Waals surface area contributed by atoms with Gasteiger partial charge in [0.15, 0.2) is 0 Å². The van der Waals surface area contributed by atoms with E-state index < -0.39 is 0 Å². The molecule has 1 atom stereocenters. The van der Waals surface area contributed by atoms with E-state index in [1.165, 1.54) is 44.1 Å². The molecule has 4 heteroatoms. The Morgan fingerprint density at radius 3 is 3.05 bits per heavy atom. The molecular formula is C16H24N2O2. The average molecular weight is 276 g/mol. The summed E-state index contributed by atoms with van der Waals surface area (Å²) >= 11 is 0. The monoisotopic (exact) mass is 276 g/mol. The number of pyridine rings is 1. The first-order chi connectivity index (χ1) is 9.80. The van der Waals surface area contributed by atoms with Crippen molar-refractivity contribution in [3.63, 3.8) is 0 Å². The molecule has 1 N–H and O–H groups in total. The van der Waals surface area contributed by atoms with Crippen LogP contribution in [0.5, 0.6) is 5.88 Å². The number of hydrogen-bond acceptors (Lipinski definition) is 4. The molecule has 1 saturated heterocycles. The van der Waals surface area contributed by atoms with Crippen LogP contribution in [0.2, 0.25) is 0 Å². The summed E-state index contributed by atoms with van der Waals surface area (Å²) in [6.07, 6.45) is 9.85. The van der Waals surface area contributed by atoms with Crippen LogP contribution in [0.4, 0.5) is 0 Å². The van der Waals surface area contributed by atoms with E-state index >= 15 is 0 Å². The summed E-state index contributed by atoms with van der Waals surface area (Å²) in [6, 6.07) is 3.99. The van der Waals surface area contributed by atoms with E-state index in [4.69, 9.17) is 9.47 Å². The minimum Gasteiger partial charge on any atom is -0.481 e. The summed E-state index contributed by atoms with van der Waals surface area (Å²) in [5.41, 5.74) is 1.44. The molecule has 2 heterocycles. The first-order valence-electron chi connectivity index (χ1n) is 7.67. The molecule has 1 aliphatic heterocycles. The maximum atomic E-state index is 6.29. The molecule has 1 aromatic heterocycles. The van der Waals surface area contributed by atoms with Gasteiger partial charge in [-0.25, -0.2) is 4.98 Å². The molecule has 110 valence electrons. The van der Waals surface area contributed by atoms with E-state index in [1.807, 2.05) is 12.1 Å². The SMILES string of the molecule is COc1cc(CNCC2CCC3(CCCC3)O2)ccn1. The molecule has 0 aromatic carbocycles. The number of nitrogens with one attached hydrogen (secondary N) is 1. The van der Waals surface area contributed by atoms with E-state index in [2.05, 4.69) is 10.3 Å². The van der Waals surface area contributed by atoms with Crippen LogP contribution in [-0.2, 0) is 11.3 Å². The molecule has 2 fully saturated rings. The molecule has 2 aliphatic rings. The van der Waals surface area contributed by atoms with Crippen LogP contribution in [0, 0.1) is 0 Å². The van der Waals surface area contributed by atoms with Gasteiger partial charge < -0.3 is 14.8 Å². The fourth-order valence-electron chi connectivity index (χ4n) is 3.48. The lowest BCUT2D eigenvalue weighted by molar-refractivity contribution is -0.0351. The molecular weight excluding hydrogens is 252 g/mol. The summed E-state index contributed by atoms with van der Waals surface area (Å²) in [5, 5.41) is 3.49. The van der Waals surface area contributed by atoms with Crippen molar-refractivity contribution < 1.29 is 9.47 Å². The number of aromatic nitrogens is 1.